The molecule has 5 nitrogen and oxygen atoms in total. The second-order valence-electron chi connectivity index (χ2n) is 3.00. The fourth-order valence-corrected chi connectivity index (χ4v) is 3.34. The zero-order chi connectivity index (χ0) is 13.2. The molecule has 0 radical (unpaired) electrons. The van der Waals surface area contributed by atoms with Crippen molar-refractivity contribution < 1.29 is 17.7 Å². The van der Waals surface area contributed by atoms with E-state index in [4.69, 9.17) is 11.6 Å². The van der Waals surface area contributed by atoms with Gasteiger partial charge in [-0.2, -0.15) is 0 Å². The zero-order valence-electron chi connectivity index (χ0n) is 8.19. The molecule has 1 aromatic carbocycles. The minimum Gasteiger partial charge on any atom is -0.258 e. The fraction of sp³-hybridized carbons (Fsp3) is 0.250. The van der Waals surface area contributed by atoms with Gasteiger partial charge in [-0.05, 0) is 22.6 Å². The molecule has 0 amide bonds. The average Bonchev–Trinajstić information content (AvgIpc) is 2.20. The number of hydrogen-bond donors (Lipinski definition) is 0. The molecule has 0 saturated heterocycles. The summed E-state index contributed by atoms with van der Waals surface area (Å²) in [6, 6.07) is 1.54. The van der Waals surface area contributed by atoms with Crippen LogP contribution in [0, 0.1) is 19.5 Å². The van der Waals surface area contributed by atoms with E-state index in [2.05, 4.69) is 0 Å². The van der Waals surface area contributed by atoms with Gasteiger partial charge in [-0.1, -0.05) is 0 Å². The average molecular weight is 394 g/mol. The molecule has 0 aliphatic rings. The Bertz CT molecular complexity index is 563. The van der Waals surface area contributed by atoms with Gasteiger partial charge in [-0.3, -0.25) is 10.1 Å². The Morgan fingerprint density at radius 3 is 2.53 bits per heavy atom. The van der Waals surface area contributed by atoms with Gasteiger partial charge in [-0.15, -0.1) is 11.6 Å². The molecule has 0 heterocycles. The maximum atomic E-state index is 13.3. The minimum absolute atomic E-state index is 0.0147. The SMILES string of the molecule is O=[N+]([O-])c1cc(I)c(F)cc1S(=O)(=O)CCCl. The third-order valence-electron chi connectivity index (χ3n) is 1.88. The molecule has 1 aromatic rings. The Balaban J connectivity index is 3.52. The highest BCUT2D eigenvalue weighted by molar-refractivity contribution is 14.1. The second kappa shape index (κ2) is 5.44. The van der Waals surface area contributed by atoms with E-state index in [0.717, 1.165) is 6.07 Å². The van der Waals surface area contributed by atoms with E-state index < -0.39 is 36.9 Å². The van der Waals surface area contributed by atoms with Crippen LogP contribution in [-0.2, 0) is 9.84 Å². The number of alkyl halides is 1. The van der Waals surface area contributed by atoms with Crippen LogP contribution in [0.5, 0.6) is 0 Å². The highest BCUT2D eigenvalue weighted by Crippen LogP contribution is 2.28. The van der Waals surface area contributed by atoms with Gasteiger partial charge in [0.05, 0.1) is 14.2 Å². The summed E-state index contributed by atoms with van der Waals surface area (Å²) in [5, 5.41) is 10.7. The molecule has 9 heteroatoms. The van der Waals surface area contributed by atoms with Crippen molar-refractivity contribution in [3.63, 3.8) is 0 Å². The lowest BCUT2D eigenvalue weighted by molar-refractivity contribution is -0.388. The normalized spacial score (nSPS) is 11.5. The molecule has 0 spiro atoms. The van der Waals surface area contributed by atoms with Crippen LogP contribution in [0.25, 0.3) is 0 Å². The first-order chi connectivity index (χ1) is 7.79. The summed E-state index contributed by atoms with van der Waals surface area (Å²) in [6.45, 7) is 0. The standard InChI is InChI=1S/C8H6ClFINO4S/c9-1-2-17(15,16)8-3-5(10)6(11)4-7(8)12(13)14/h3-4H,1-2H2. The summed E-state index contributed by atoms with van der Waals surface area (Å²) in [6.07, 6.45) is 0. The summed E-state index contributed by atoms with van der Waals surface area (Å²) in [4.78, 5) is 9.22. The molecule has 0 bridgehead atoms. The van der Waals surface area contributed by atoms with Crippen LogP contribution in [-0.4, -0.2) is 25.0 Å². The van der Waals surface area contributed by atoms with E-state index in [1.807, 2.05) is 0 Å². The van der Waals surface area contributed by atoms with E-state index in [1.165, 1.54) is 0 Å². The van der Waals surface area contributed by atoms with Gasteiger partial charge < -0.3 is 0 Å². The molecule has 0 saturated carbocycles. The largest absolute Gasteiger partial charge is 0.289 e. The predicted molar refractivity (Wildman–Crippen MR) is 68.5 cm³/mol. The molecule has 0 unspecified atom stereocenters. The van der Waals surface area contributed by atoms with Crippen LogP contribution in [0.15, 0.2) is 17.0 Å². The Labute approximate surface area is 115 Å². The number of nitro groups is 1. The van der Waals surface area contributed by atoms with Crippen LogP contribution in [0.4, 0.5) is 10.1 Å². The Kier molecular flexibility index (Phi) is 4.67. The van der Waals surface area contributed by atoms with Crippen molar-refractivity contribution in [2.45, 2.75) is 4.90 Å². The molecule has 0 N–H and O–H groups in total. The smallest absolute Gasteiger partial charge is 0.258 e. The third-order valence-corrected chi connectivity index (χ3v) is 4.86. The zero-order valence-corrected chi connectivity index (χ0v) is 11.9. The third kappa shape index (κ3) is 3.26. The number of hydrogen-bond acceptors (Lipinski definition) is 4. The number of rotatable bonds is 4. The number of halogens is 3. The topological polar surface area (TPSA) is 77.3 Å². The van der Waals surface area contributed by atoms with Gasteiger partial charge in [0.15, 0.2) is 9.84 Å². The van der Waals surface area contributed by atoms with E-state index >= 15 is 0 Å². The first kappa shape index (κ1) is 14.6. The molecule has 0 aromatic heterocycles. The molecule has 0 aliphatic carbocycles. The predicted octanol–water partition coefficient (Wildman–Crippen LogP) is 2.35. The maximum Gasteiger partial charge on any atom is 0.289 e. The number of benzene rings is 1. The van der Waals surface area contributed by atoms with Gasteiger partial charge in [-0.25, -0.2) is 12.8 Å². The van der Waals surface area contributed by atoms with Crippen LogP contribution in [0.3, 0.4) is 0 Å². The summed E-state index contributed by atoms with van der Waals surface area (Å²) < 4.78 is 36.6. The van der Waals surface area contributed by atoms with Gasteiger partial charge in [0.2, 0.25) is 0 Å². The Hall–Kier alpha value is -0.480. The lowest BCUT2D eigenvalue weighted by atomic mass is 10.3. The van der Waals surface area contributed by atoms with Crippen molar-refractivity contribution in [1.29, 1.82) is 0 Å². The van der Waals surface area contributed by atoms with Gasteiger partial charge in [0.25, 0.3) is 5.69 Å². The lowest BCUT2D eigenvalue weighted by Gasteiger charge is -2.04. The van der Waals surface area contributed by atoms with Crippen molar-refractivity contribution >= 4 is 49.7 Å². The van der Waals surface area contributed by atoms with E-state index in [9.17, 15) is 22.9 Å². The number of sulfone groups is 1. The van der Waals surface area contributed by atoms with Crippen LogP contribution in [0.1, 0.15) is 0 Å². The molecule has 1 rings (SSSR count). The molecule has 0 aliphatic heterocycles. The van der Waals surface area contributed by atoms with Crippen molar-refractivity contribution in [3.8, 4) is 0 Å². The summed E-state index contributed by atoms with van der Waals surface area (Å²) in [5.41, 5.74) is -0.638. The monoisotopic (exact) mass is 393 g/mol. The summed E-state index contributed by atoms with van der Waals surface area (Å²) in [5.74, 6) is -1.51. The molecular formula is C8H6ClFINO4S. The van der Waals surface area contributed by atoms with E-state index in [-0.39, 0.29) is 9.45 Å². The summed E-state index contributed by atoms with van der Waals surface area (Å²) in [7, 11) is -3.94. The molecule has 94 valence electrons. The van der Waals surface area contributed by atoms with Crippen molar-refractivity contribution in [3.05, 3.63) is 31.6 Å². The summed E-state index contributed by atoms with van der Waals surface area (Å²) >= 11 is 6.84. The van der Waals surface area contributed by atoms with Gasteiger partial charge >= 0.3 is 0 Å². The number of nitrogens with zero attached hydrogens (tertiary/aromatic N) is 1. The van der Waals surface area contributed by atoms with Crippen LogP contribution >= 0.6 is 34.2 Å². The van der Waals surface area contributed by atoms with Crippen molar-refractivity contribution in [1.82, 2.24) is 0 Å². The quantitative estimate of drug-likeness (QED) is 0.340. The van der Waals surface area contributed by atoms with E-state index in [0.29, 0.717) is 6.07 Å². The highest BCUT2D eigenvalue weighted by Gasteiger charge is 2.27. The highest BCUT2D eigenvalue weighted by atomic mass is 127. The first-order valence-corrected chi connectivity index (χ1v) is 7.48. The van der Waals surface area contributed by atoms with Crippen molar-refractivity contribution in [2.75, 3.05) is 11.6 Å². The Morgan fingerprint density at radius 1 is 1.47 bits per heavy atom. The second-order valence-corrected chi connectivity index (χ2v) is 6.62. The minimum atomic E-state index is -3.94. The number of nitro benzene ring substituents is 1. The molecule has 0 fully saturated rings. The van der Waals surface area contributed by atoms with Gasteiger partial charge in [0.1, 0.15) is 10.7 Å². The van der Waals surface area contributed by atoms with Gasteiger partial charge in [0, 0.05) is 18.0 Å². The molecule has 0 atom stereocenters. The van der Waals surface area contributed by atoms with Crippen LogP contribution in [0.2, 0.25) is 0 Å². The lowest BCUT2D eigenvalue weighted by Crippen LogP contribution is -2.11. The molecule has 17 heavy (non-hydrogen) atoms. The van der Waals surface area contributed by atoms with E-state index in [1.54, 1.807) is 22.6 Å². The first-order valence-electron chi connectivity index (χ1n) is 4.21. The van der Waals surface area contributed by atoms with Crippen LogP contribution < -0.4 is 0 Å². The Morgan fingerprint density at radius 2 is 2.06 bits per heavy atom. The maximum absolute atomic E-state index is 13.3. The molecular weight excluding hydrogens is 388 g/mol. The van der Waals surface area contributed by atoms with Crippen molar-refractivity contribution in [2.24, 2.45) is 0 Å². The fourth-order valence-electron chi connectivity index (χ4n) is 1.12.